The zero-order valence-electron chi connectivity index (χ0n) is 27.9. The van der Waals surface area contributed by atoms with Gasteiger partial charge in [-0.25, -0.2) is 0 Å². The van der Waals surface area contributed by atoms with E-state index in [0.717, 1.165) is 25.7 Å². The van der Waals surface area contributed by atoms with Gasteiger partial charge in [0.1, 0.15) is 19.3 Å². The Morgan fingerprint density at radius 1 is 0.568 bits per heavy atom. The van der Waals surface area contributed by atoms with Gasteiger partial charge in [-0.15, -0.1) is 0 Å². The number of carbonyl (C=O) groups excluding carboxylic acids is 2. The molecule has 0 saturated heterocycles. The van der Waals surface area contributed by atoms with Crippen LogP contribution >= 0.6 is 0 Å². The first-order chi connectivity index (χ1) is 21.4. The number of rotatable bonds is 30. The summed E-state index contributed by atoms with van der Waals surface area (Å²) in [5.41, 5.74) is 0. The summed E-state index contributed by atoms with van der Waals surface area (Å²) in [5.74, 6) is -0.801. The minimum Gasteiger partial charge on any atom is -0.463 e. The Morgan fingerprint density at radius 2 is 1.05 bits per heavy atom. The van der Waals surface area contributed by atoms with Crippen molar-refractivity contribution in [3.63, 3.8) is 0 Å². The Bertz CT molecular complexity index is 787. The quantitative estimate of drug-likeness (QED) is 0.0321. The maximum atomic E-state index is 11.9. The fourth-order valence-electron chi connectivity index (χ4n) is 4.51. The molecular weight excluding hydrogens is 556 g/mol. The molecule has 0 amide bonds. The molecule has 0 spiro atoms. The molecule has 0 aliphatic carbocycles. The number of hydrogen-bond donors (Lipinski definition) is 3. The number of ether oxygens (including phenoxy) is 2. The molecule has 3 atom stereocenters. The van der Waals surface area contributed by atoms with Crippen molar-refractivity contribution in [2.24, 2.45) is 0 Å². The van der Waals surface area contributed by atoms with Crippen LogP contribution in [0.4, 0.5) is 0 Å². The monoisotopic (exact) mass is 620 g/mol. The lowest BCUT2D eigenvalue weighted by atomic mass is 10.1. The van der Waals surface area contributed by atoms with E-state index in [1.807, 2.05) is 6.08 Å². The molecule has 7 nitrogen and oxygen atoms in total. The zero-order valence-corrected chi connectivity index (χ0v) is 27.9. The Hall–Kier alpha value is -2.22. The second kappa shape index (κ2) is 32.2. The van der Waals surface area contributed by atoms with Crippen LogP contribution in [-0.2, 0) is 19.1 Å². The molecule has 0 fully saturated rings. The number of unbranched alkanes of at least 4 members (excludes halogenated alkanes) is 13. The number of aliphatic hydroxyl groups is 3. The third kappa shape index (κ3) is 31.2. The molecule has 0 saturated carbocycles. The second-order valence-electron chi connectivity index (χ2n) is 11.7. The Labute approximate surface area is 268 Å². The van der Waals surface area contributed by atoms with E-state index in [9.17, 15) is 24.9 Å². The maximum Gasteiger partial charge on any atom is 0.305 e. The van der Waals surface area contributed by atoms with E-state index < -0.39 is 24.3 Å². The van der Waals surface area contributed by atoms with Gasteiger partial charge in [-0.3, -0.25) is 9.59 Å². The van der Waals surface area contributed by atoms with Gasteiger partial charge < -0.3 is 24.8 Å². The molecule has 0 aromatic carbocycles. The standard InChI is InChI=1S/C37H64O7/c1-3-5-7-9-11-12-13-14-15-17-23-29-36(41)43-31-35(40)32-44-37(42)30-24-28-34(39)27-22-19-18-21-26-33(38)25-20-16-10-8-6-4-2/h16,18-22,26-27,33-35,38-40H,3-15,17,23-25,28-32H2,1-2H3/b19-18+,20-16-,26-21+,27-22-/t33-,34-,35-/m1/s1. The molecule has 44 heavy (non-hydrogen) atoms. The molecule has 7 heteroatoms. The smallest absolute Gasteiger partial charge is 0.305 e. The van der Waals surface area contributed by atoms with E-state index in [4.69, 9.17) is 9.47 Å². The van der Waals surface area contributed by atoms with Crippen molar-refractivity contribution in [3.05, 3.63) is 48.6 Å². The number of hydrogen-bond acceptors (Lipinski definition) is 7. The van der Waals surface area contributed by atoms with Crippen molar-refractivity contribution in [3.8, 4) is 0 Å². The van der Waals surface area contributed by atoms with Gasteiger partial charge in [0.15, 0.2) is 0 Å². The van der Waals surface area contributed by atoms with Gasteiger partial charge in [0.25, 0.3) is 0 Å². The van der Waals surface area contributed by atoms with Crippen LogP contribution in [0, 0.1) is 0 Å². The van der Waals surface area contributed by atoms with Gasteiger partial charge in [-0.2, -0.15) is 0 Å². The first-order valence-corrected chi connectivity index (χ1v) is 17.4. The van der Waals surface area contributed by atoms with E-state index in [0.29, 0.717) is 25.7 Å². The number of aliphatic hydroxyl groups excluding tert-OH is 3. The first kappa shape index (κ1) is 41.8. The van der Waals surface area contributed by atoms with Crippen LogP contribution in [0.1, 0.15) is 142 Å². The summed E-state index contributed by atoms with van der Waals surface area (Å²) in [7, 11) is 0. The van der Waals surface area contributed by atoms with Gasteiger partial charge in [0.2, 0.25) is 0 Å². The molecular formula is C37H64O7. The summed E-state index contributed by atoms with van der Waals surface area (Å²) in [6.45, 7) is 4.00. The number of allylic oxidation sites excluding steroid dienone is 5. The number of carbonyl (C=O) groups is 2. The molecule has 0 heterocycles. The van der Waals surface area contributed by atoms with Gasteiger partial charge in [-0.05, 0) is 38.5 Å². The molecule has 0 rings (SSSR count). The molecule has 0 unspecified atom stereocenters. The van der Waals surface area contributed by atoms with Crippen molar-refractivity contribution in [2.75, 3.05) is 13.2 Å². The molecule has 0 aliphatic rings. The summed E-state index contributed by atoms with van der Waals surface area (Å²) in [4.78, 5) is 23.8. The predicted molar refractivity (Wildman–Crippen MR) is 180 cm³/mol. The topological polar surface area (TPSA) is 113 Å². The minimum atomic E-state index is -1.05. The summed E-state index contributed by atoms with van der Waals surface area (Å²) < 4.78 is 10.2. The summed E-state index contributed by atoms with van der Waals surface area (Å²) in [6.07, 6.45) is 32.2. The fraction of sp³-hybridized carbons (Fsp3) is 0.730. The highest BCUT2D eigenvalue weighted by molar-refractivity contribution is 5.69. The van der Waals surface area contributed by atoms with Crippen LogP contribution in [0.2, 0.25) is 0 Å². The molecule has 0 bridgehead atoms. The van der Waals surface area contributed by atoms with Crippen molar-refractivity contribution >= 4 is 11.9 Å². The predicted octanol–water partition coefficient (Wildman–Crippen LogP) is 8.22. The van der Waals surface area contributed by atoms with Crippen molar-refractivity contribution in [1.82, 2.24) is 0 Å². The summed E-state index contributed by atoms with van der Waals surface area (Å²) in [6, 6.07) is 0. The van der Waals surface area contributed by atoms with Crippen molar-refractivity contribution in [1.29, 1.82) is 0 Å². The van der Waals surface area contributed by atoms with Crippen LogP contribution in [0.25, 0.3) is 0 Å². The van der Waals surface area contributed by atoms with Gasteiger partial charge in [0.05, 0.1) is 12.2 Å². The normalized spacial score (nSPS) is 14.2. The molecule has 3 N–H and O–H groups in total. The fourth-order valence-corrected chi connectivity index (χ4v) is 4.51. The molecule has 0 aromatic heterocycles. The summed E-state index contributed by atoms with van der Waals surface area (Å²) in [5, 5.41) is 29.9. The van der Waals surface area contributed by atoms with E-state index in [1.54, 1.807) is 36.5 Å². The second-order valence-corrected chi connectivity index (χ2v) is 11.7. The van der Waals surface area contributed by atoms with Crippen LogP contribution in [-0.4, -0.2) is 58.8 Å². The van der Waals surface area contributed by atoms with E-state index in [1.165, 1.54) is 70.6 Å². The lowest BCUT2D eigenvalue weighted by molar-refractivity contribution is -0.152. The average Bonchev–Trinajstić information content (AvgIpc) is 3.01. The third-order valence-electron chi connectivity index (χ3n) is 7.26. The average molecular weight is 621 g/mol. The van der Waals surface area contributed by atoms with Crippen molar-refractivity contribution < 1.29 is 34.4 Å². The highest BCUT2D eigenvalue weighted by Crippen LogP contribution is 2.12. The SMILES string of the molecule is CCCCC/C=C\C[C@@H](O)/C=C/C=C/C=C\[C@@H](O)CCCC(=O)OC[C@H](O)COC(=O)CCCCCCCCCCCCC. The first-order valence-electron chi connectivity index (χ1n) is 17.4. The molecule has 0 aromatic rings. The van der Waals surface area contributed by atoms with Crippen LogP contribution in [0.5, 0.6) is 0 Å². The number of esters is 2. The zero-order chi connectivity index (χ0) is 32.5. The highest BCUT2D eigenvalue weighted by atomic mass is 16.6. The molecule has 0 aliphatic heterocycles. The van der Waals surface area contributed by atoms with Gasteiger partial charge >= 0.3 is 11.9 Å². The van der Waals surface area contributed by atoms with Gasteiger partial charge in [0, 0.05) is 12.8 Å². The maximum absolute atomic E-state index is 11.9. The lowest BCUT2D eigenvalue weighted by Crippen LogP contribution is -2.25. The lowest BCUT2D eigenvalue weighted by Gasteiger charge is -2.12. The van der Waals surface area contributed by atoms with Crippen molar-refractivity contribution in [2.45, 2.75) is 161 Å². The van der Waals surface area contributed by atoms with E-state index in [-0.39, 0.29) is 25.6 Å². The van der Waals surface area contributed by atoms with Gasteiger partial charge in [-0.1, -0.05) is 140 Å². The summed E-state index contributed by atoms with van der Waals surface area (Å²) >= 11 is 0. The minimum absolute atomic E-state index is 0.125. The third-order valence-corrected chi connectivity index (χ3v) is 7.26. The van der Waals surface area contributed by atoms with Crippen LogP contribution in [0.3, 0.4) is 0 Å². The Morgan fingerprint density at radius 3 is 1.61 bits per heavy atom. The van der Waals surface area contributed by atoms with E-state index >= 15 is 0 Å². The molecule has 0 radical (unpaired) electrons. The largest absolute Gasteiger partial charge is 0.463 e. The van der Waals surface area contributed by atoms with Crippen LogP contribution < -0.4 is 0 Å². The van der Waals surface area contributed by atoms with E-state index in [2.05, 4.69) is 19.9 Å². The Balaban J connectivity index is 3.77. The Kier molecular flexibility index (Phi) is 30.6. The molecule has 254 valence electrons. The van der Waals surface area contributed by atoms with Crippen LogP contribution in [0.15, 0.2) is 48.6 Å². The highest BCUT2D eigenvalue weighted by Gasteiger charge is 2.12.